The first-order valence-electron chi connectivity index (χ1n) is 8.84. The van der Waals surface area contributed by atoms with Crippen LogP contribution in [0.15, 0.2) is 12.3 Å². The molecule has 7 nitrogen and oxygen atoms in total. The van der Waals surface area contributed by atoms with Gasteiger partial charge in [-0.2, -0.15) is 5.26 Å². The molecular weight excluding hydrogens is 368 g/mol. The maximum absolute atomic E-state index is 12.4. The maximum Gasteiger partial charge on any atom is 0.355 e. The molecule has 1 amide bonds. The average molecular weight is 389 g/mol. The normalized spacial score (nSPS) is 14.1. The minimum absolute atomic E-state index is 0.173. The molecule has 0 atom stereocenters. The number of amides is 1. The molecule has 1 aliphatic carbocycles. The van der Waals surface area contributed by atoms with E-state index in [0.29, 0.717) is 16.4 Å². The second kappa shape index (κ2) is 7.89. The number of ether oxygens (including phenoxy) is 1. The van der Waals surface area contributed by atoms with Crippen molar-refractivity contribution in [1.29, 1.82) is 5.26 Å². The van der Waals surface area contributed by atoms with Gasteiger partial charge in [0.1, 0.15) is 17.6 Å². The topological polar surface area (TPSA) is 99.9 Å². The summed E-state index contributed by atoms with van der Waals surface area (Å²) in [6.07, 6.45) is 5.76. The van der Waals surface area contributed by atoms with Crippen LogP contribution in [-0.2, 0) is 9.53 Å². The number of esters is 1. The zero-order valence-corrected chi connectivity index (χ0v) is 16.0. The van der Waals surface area contributed by atoms with Gasteiger partial charge in [0.25, 0.3) is 5.91 Å². The number of carbonyl (C=O) groups is 2. The van der Waals surface area contributed by atoms with Gasteiger partial charge in [-0.1, -0.05) is 24.4 Å². The lowest BCUT2D eigenvalue weighted by molar-refractivity contribution is -0.119. The highest BCUT2D eigenvalue weighted by Gasteiger charge is 2.27. The molecule has 2 aromatic heterocycles. The molecule has 2 heterocycles. The third-order valence-corrected chi connectivity index (χ3v) is 5.24. The monoisotopic (exact) mass is 388 g/mol. The zero-order valence-electron chi connectivity index (χ0n) is 15.3. The summed E-state index contributed by atoms with van der Waals surface area (Å²) in [5, 5.41) is 12.7. The van der Waals surface area contributed by atoms with Crippen LogP contribution in [0.2, 0.25) is 5.02 Å². The highest BCUT2D eigenvalue weighted by atomic mass is 35.5. The van der Waals surface area contributed by atoms with Crippen molar-refractivity contribution in [3.8, 4) is 6.07 Å². The Bertz CT molecular complexity index is 916. The van der Waals surface area contributed by atoms with Crippen LogP contribution in [0.4, 0.5) is 5.82 Å². The summed E-state index contributed by atoms with van der Waals surface area (Å²) >= 11 is 5.75. The Kier molecular flexibility index (Phi) is 5.57. The number of aromatic nitrogens is 2. The Labute approximate surface area is 162 Å². The van der Waals surface area contributed by atoms with Gasteiger partial charge in [-0.05, 0) is 38.3 Å². The average Bonchev–Trinajstić information content (AvgIpc) is 3.35. The molecule has 0 saturated heterocycles. The summed E-state index contributed by atoms with van der Waals surface area (Å²) in [4.78, 5) is 27.0. The van der Waals surface area contributed by atoms with Gasteiger partial charge in [0.05, 0.1) is 10.6 Å². The minimum Gasteiger partial charge on any atom is -0.451 e. The second-order valence-corrected chi connectivity index (χ2v) is 7.15. The number of nitrogens with zero attached hydrogens (tertiary/aromatic N) is 2. The lowest BCUT2D eigenvalue weighted by atomic mass is 10.2. The standard InChI is InChI=1S/C19H21ClN4O3/c1-11-12(2)24(14-5-3-4-6-14)18(15(11)8-21)23-17(25)10-27-19(26)16-7-13(20)9-22-16/h7,9,14,22H,3-6,10H2,1-2H3,(H,23,25). The first-order chi connectivity index (χ1) is 12.9. The number of hydrogen-bond donors (Lipinski definition) is 2. The van der Waals surface area contributed by atoms with Gasteiger partial charge in [-0.25, -0.2) is 4.79 Å². The number of rotatable bonds is 5. The number of halogens is 1. The SMILES string of the molecule is Cc1c(C#N)c(NC(=O)COC(=O)c2cc(Cl)c[nH]2)n(C2CCCC2)c1C. The van der Waals surface area contributed by atoms with E-state index < -0.39 is 18.5 Å². The van der Waals surface area contributed by atoms with Gasteiger partial charge >= 0.3 is 5.97 Å². The van der Waals surface area contributed by atoms with Crippen molar-refractivity contribution in [2.75, 3.05) is 11.9 Å². The molecule has 0 aromatic carbocycles. The fraction of sp³-hybridized carbons (Fsp3) is 0.421. The number of nitrogens with one attached hydrogen (secondary N) is 2. The van der Waals surface area contributed by atoms with Crippen LogP contribution in [0.3, 0.4) is 0 Å². The third-order valence-electron chi connectivity index (χ3n) is 5.02. The maximum atomic E-state index is 12.4. The van der Waals surface area contributed by atoms with Crippen LogP contribution in [-0.4, -0.2) is 28.0 Å². The molecule has 142 valence electrons. The van der Waals surface area contributed by atoms with Crippen molar-refractivity contribution >= 4 is 29.3 Å². The Balaban J connectivity index is 1.74. The minimum atomic E-state index is -0.670. The number of H-pyrrole nitrogens is 1. The van der Waals surface area contributed by atoms with Crippen molar-refractivity contribution in [1.82, 2.24) is 9.55 Å². The Morgan fingerprint density at radius 1 is 1.41 bits per heavy atom. The Morgan fingerprint density at radius 3 is 2.70 bits per heavy atom. The molecule has 1 saturated carbocycles. The number of aromatic amines is 1. The van der Waals surface area contributed by atoms with E-state index >= 15 is 0 Å². The van der Waals surface area contributed by atoms with Crippen LogP contribution >= 0.6 is 11.6 Å². The van der Waals surface area contributed by atoms with Crippen molar-refractivity contribution in [3.63, 3.8) is 0 Å². The molecule has 1 aliphatic rings. The van der Waals surface area contributed by atoms with E-state index in [4.69, 9.17) is 16.3 Å². The molecule has 2 N–H and O–H groups in total. The van der Waals surface area contributed by atoms with Crippen LogP contribution in [0.5, 0.6) is 0 Å². The van der Waals surface area contributed by atoms with Gasteiger partial charge in [-0.3, -0.25) is 4.79 Å². The molecule has 0 bridgehead atoms. The Morgan fingerprint density at radius 2 is 2.11 bits per heavy atom. The summed E-state index contributed by atoms with van der Waals surface area (Å²) in [7, 11) is 0. The zero-order chi connectivity index (χ0) is 19.6. The van der Waals surface area contributed by atoms with E-state index in [1.807, 2.05) is 18.4 Å². The fourth-order valence-corrected chi connectivity index (χ4v) is 3.73. The molecule has 0 spiro atoms. The molecule has 1 fully saturated rings. The molecule has 27 heavy (non-hydrogen) atoms. The van der Waals surface area contributed by atoms with Crippen molar-refractivity contribution in [2.45, 2.75) is 45.6 Å². The molecule has 3 rings (SSSR count). The predicted octanol–water partition coefficient (Wildman–Crippen LogP) is 3.87. The number of hydrogen-bond acceptors (Lipinski definition) is 4. The lowest BCUT2D eigenvalue weighted by Crippen LogP contribution is -2.24. The van der Waals surface area contributed by atoms with Crippen molar-refractivity contribution < 1.29 is 14.3 Å². The summed E-state index contributed by atoms with van der Waals surface area (Å²) in [6, 6.07) is 3.88. The smallest absolute Gasteiger partial charge is 0.355 e. The van der Waals surface area contributed by atoms with E-state index in [9.17, 15) is 14.9 Å². The van der Waals surface area contributed by atoms with E-state index in [1.165, 1.54) is 12.3 Å². The third kappa shape index (κ3) is 3.86. The van der Waals surface area contributed by atoms with E-state index in [2.05, 4.69) is 16.4 Å². The predicted molar refractivity (Wildman–Crippen MR) is 101 cm³/mol. The number of anilines is 1. The highest BCUT2D eigenvalue weighted by Crippen LogP contribution is 2.37. The van der Waals surface area contributed by atoms with Crippen LogP contribution in [0.25, 0.3) is 0 Å². The van der Waals surface area contributed by atoms with E-state index in [0.717, 1.165) is 36.9 Å². The molecular formula is C19H21ClN4O3. The molecule has 0 radical (unpaired) electrons. The summed E-state index contributed by atoms with van der Waals surface area (Å²) in [6.45, 7) is 3.39. The number of carbonyl (C=O) groups excluding carboxylic acids is 2. The lowest BCUT2D eigenvalue weighted by Gasteiger charge is -2.19. The van der Waals surface area contributed by atoms with Crippen molar-refractivity contribution in [2.24, 2.45) is 0 Å². The first kappa shape index (κ1) is 19.1. The van der Waals surface area contributed by atoms with E-state index in [1.54, 1.807) is 0 Å². The van der Waals surface area contributed by atoms with E-state index in [-0.39, 0.29) is 11.7 Å². The van der Waals surface area contributed by atoms with Crippen LogP contribution in [0, 0.1) is 25.2 Å². The second-order valence-electron chi connectivity index (χ2n) is 6.71. The van der Waals surface area contributed by atoms with Crippen molar-refractivity contribution in [3.05, 3.63) is 39.8 Å². The van der Waals surface area contributed by atoms with Gasteiger partial charge in [-0.15, -0.1) is 0 Å². The molecule has 0 aliphatic heterocycles. The quantitative estimate of drug-likeness (QED) is 0.759. The van der Waals surface area contributed by atoms with Crippen LogP contribution in [0.1, 0.15) is 59.0 Å². The first-order valence-corrected chi connectivity index (χ1v) is 9.22. The van der Waals surface area contributed by atoms with Gasteiger partial charge in [0.2, 0.25) is 0 Å². The van der Waals surface area contributed by atoms with Gasteiger partial charge in [0, 0.05) is 17.9 Å². The Hall–Kier alpha value is -2.72. The summed E-state index contributed by atoms with van der Waals surface area (Å²) in [5.41, 5.74) is 2.46. The largest absolute Gasteiger partial charge is 0.451 e. The van der Waals surface area contributed by atoms with Crippen LogP contribution < -0.4 is 5.32 Å². The van der Waals surface area contributed by atoms with Gasteiger partial charge in [0.15, 0.2) is 6.61 Å². The summed E-state index contributed by atoms with van der Waals surface area (Å²) < 4.78 is 7.07. The fourth-order valence-electron chi connectivity index (χ4n) is 3.57. The van der Waals surface area contributed by atoms with Gasteiger partial charge < -0.3 is 19.6 Å². The number of nitriles is 1. The molecule has 8 heteroatoms. The highest BCUT2D eigenvalue weighted by molar-refractivity contribution is 6.30. The summed E-state index contributed by atoms with van der Waals surface area (Å²) in [5.74, 6) is -0.672. The molecule has 2 aromatic rings. The molecule has 0 unspecified atom stereocenters.